The zero-order valence-corrected chi connectivity index (χ0v) is 26.9. The standard InChI is InChI=1S/C29H42N3O7.W/c1-5-38-27(37)29-14-21(29)12-10-8-6-7-9-11-19(13-23(34)39-28(2,3)4)26(36)32-16-20-15-31(18-33)17-22(20)24(32)25(35)30-29;/h10,12,19-22,24H,5-9,11,13-17H2,1-4H3,(H,30,35);/q-1;/b12-10-;/t19-,20+,21-,22+,24+,29-;/m1./s1. The first-order chi connectivity index (χ1) is 18.5. The first kappa shape index (κ1) is 32.3. The van der Waals surface area contributed by atoms with Crippen LogP contribution in [0.1, 0.15) is 72.6 Å². The zero-order chi connectivity index (χ0) is 28.4. The molecule has 1 saturated carbocycles. The third kappa shape index (κ3) is 7.15. The Hall–Kier alpha value is -2.22. The fourth-order valence-corrected chi connectivity index (χ4v) is 6.41. The number of esters is 2. The van der Waals surface area contributed by atoms with Crippen LogP contribution in [0.15, 0.2) is 12.2 Å². The molecule has 0 spiro atoms. The summed E-state index contributed by atoms with van der Waals surface area (Å²) in [7, 11) is 0. The van der Waals surface area contributed by atoms with Gasteiger partial charge in [0.2, 0.25) is 11.8 Å². The number of carbonyl (C=O) groups is 4. The number of allylic oxidation sites excluding steroid dienone is 1. The van der Waals surface area contributed by atoms with Gasteiger partial charge in [-0.3, -0.25) is 14.4 Å². The molecule has 222 valence electrons. The van der Waals surface area contributed by atoms with Crippen LogP contribution in [-0.4, -0.2) is 83.4 Å². The molecule has 40 heavy (non-hydrogen) atoms. The number of hydrogen-bond acceptors (Lipinski definition) is 7. The number of rotatable bonds is 5. The molecule has 1 N–H and O–H groups in total. The van der Waals surface area contributed by atoms with Gasteiger partial charge >= 0.3 is 11.9 Å². The Morgan fingerprint density at radius 3 is 2.58 bits per heavy atom. The van der Waals surface area contributed by atoms with Crippen LogP contribution in [0.3, 0.4) is 0 Å². The van der Waals surface area contributed by atoms with Crippen molar-refractivity contribution in [1.29, 1.82) is 0 Å². The summed E-state index contributed by atoms with van der Waals surface area (Å²) in [6.07, 6.45) is 10.3. The molecule has 10 nitrogen and oxygen atoms in total. The van der Waals surface area contributed by atoms with E-state index in [1.807, 2.05) is 18.6 Å². The van der Waals surface area contributed by atoms with Crippen LogP contribution in [0.5, 0.6) is 0 Å². The molecular formula is C29H42N3O7W-. The Kier molecular flexibility index (Phi) is 10.6. The topological polar surface area (TPSA) is 122 Å². The van der Waals surface area contributed by atoms with Gasteiger partial charge in [0.05, 0.1) is 13.0 Å². The Morgan fingerprint density at radius 2 is 1.90 bits per heavy atom. The van der Waals surface area contributed by atoms with E-state index in [1.54, 1.807) is 32.6 Å². The number of carbonyl (C=O) groups excluding carboxylic acids is 5. The van der Waals surface area contributed by atoms with Gasteiger partial charge in [-0.1, -0.05) is 25.0 Å². The number of nitrogens with one attached hydrogen (secondary N) is 1. The van der Waals surface area contributed by atoms with Gasteiger partial charge in [-0.25, -0.2) is 4.79 Å². The molecule has 1 aliphatic carbocycles. The number of nitrogens with zero attached hydrogens (tertiary/aromatic N) is 2. The number of fused-ring (bicyclic) bond motifs is 4. The van der Waals surface area contributed by atoms with E-state index in [1.165, 1.54) is 4.90 Å². The van der Waals surface area contributed by atoms with E-state index in [0.29, 0.717) is 32.5 Å². The van der Waals surface area contributed by atoms with Crippen molar-refractivity contribution in [1.82, 2.24) is 15.1 Å². The van der Waals surface area contributed by atoms with E-state index >= 15 is 0 Å². The molecule has 3 fully saturated rings. The molecule has 3 aliphatic heterocycles. The first-order valence-electron chi connectivity index (χ1n) is 14.3. The monoisotopic (exact) mass is 728 g/mol. The van der Waals surface area contributed by atoms with Gasteiger partial charge in [0.1, 0.15) is 17.2 Å². The molecule has 3 amide bonds. The average Bonchev–Trinajstić information content (AvgIpc) is 3.21. The number of ether oxygens (including phenoxy) is 2. The summed E-state index contributed by atoms with van der Waals surface area (Å²) in [5.41, 5.74) is -1.82. The SMILES string of the molecule is CCOC(=O)[C@@]12C[C@H]1/C=C\CCCCC[C@H](CC(=O)OC(C)(C)C)C(=O)N1C[C@@H]3CN([C-]=O)C[C@@H]3[C@H]1C(=O)N2.[W]. The quantitative estimate of drug-likeness (QED) is 0.262. The number of likely N-dealkylation sites (tertiary alicyclic amines) is 1. The van der Waals surface area contributed by atoms with Crippen molar-refractivity contribution < 1.29 is 54.5 Å². The zero-order valence-electron chi connectivity index (χ0n) is 24.0. The van der Waals surface area contributed by atoms with Crippen LogP contribution in [-0.2, 0) is 54.5 Å². The molecule has 0 aromatic heterocycles. The van der Waals surface area contributed by atoms with Crippen molar-refractivity contribution in [3.8, 4) is 0 Å². The van der Waals surface area contributed by atoms with Crippen LogP contribution in [0.4, 0.5) is 0 Å². The fraction of sp³-hybridized carbons (Fsp3) is 0.759. The minimum Gasteiger partial charge on any atom is -0.520 e. The van der Waals surface area contributed by atoms with Crippen molar-refractivity contribution in [3.63, 3.8) is 0 Å². The van der Waals surface area contributed by atoms with E-state index < -0.39 is 40.9 Å². The Morgan fingerprint density at radius 1 is 1.15 bits per heavy atom. The van der Waals surface area contributed by atoms with Gasteiger partial charge in [0.15, 0.2) is 0 Å². The molecule has 6 atom stereocenters. The summed E-state index contributed by atoms with van der Waals surface area (Å²) in [6.45, 7) is 8.32. The van der Waals surface area contributed by atoms with Gasteiger partial charge in [0.25, 0.3) is 0 Å². The van der Waals surface area contributed by atoms with E-state index in [9.17, 15) is 24.0 Å². The van der Waals surface area contributed by atoms with Gasteiger partial charge in [0, 0.05) is 45.4 Å². The molecule has 11 heteroatoms. The first-order valence-corrected chi connectivity index (χ1v) is 14.3. The second kappa shape index (κ2) is 13.2. The van der Waals surface area contributed by atoms with Crippen LogP contribution in [0.25, 0.3) is 0 Å². The van der Waals surface area contributed by atoms with E-state index in [0.717, 1.165) is 25.7 Å². The Bertz CT molecular complexity index is 1010. The molecule has 0 radical (unpaired) electrons. The van der Waals surface area contributed by atoms with Gasteiger partial charge in [-0.05, 0) is 72.4 Å². The van der Waals surface area contributed by atoms with Crippen molar-refractivity contribution in [2.24, 2.45) is 23.7 Å². The third-order valence-corrected chi connectivity index (χ3v) is 8.32. The summed E-state index contributed by atoms with van der Waals surface area (Å²) in [6, 6.07) is -0.858. The Balaban J connectivity index is 0.00000441. The normalized spacial score (nSPS) is 33.1. The molecule has 3 heterocycles. The number of hydrogen-bond donors (Lipinski definition) is 1. The molecule has 0 unspecified atom stereocenters. The van der Waals surface area contributed by atoms with Gasteiger partial charge < -0.3 is 29.4 Å². The average molecular weight is 729 g/mol. The molecule has 2 saturated heterocycles. The maximum Gasteiger partial charge on any atom is 0.332 e. The van der Waals surface area contributed by atoms with Crippen molar-refractivity contribution in [2.45, 2.75) is 89.8 Å². The summed E-state index contributed by atoms with van der Waals surface area (Å²) < 4.78 is 10.9. The van der Waals surface area contributed by atoms with Crippen LogP contribution in [0.2, 0.25) is 0 Å². The minimum atomic E-state index is -1.15. The largest absolute Gasteiger partial charge is 0.520 e. The summed E-state index contributed by atoms with van der Waals surface area (Å²) in [5, 5.41) is 2.98. The molecular weight excluding hydrogens is 686 g/mol. The van der Waals surface area contributed by atoms with Crippen molar-refractivity contribution in [2.75, 3.05) is 26.2 Å². The second-order valence-electron chi connectivity index (χ2n) is 12.4. The second-order valence-corrected chi connectivity index (χ2v) is 12.4. The van der Waals surface area contributed by atoms with E-state index in [2.05, 4.69) is 5.32 Å². The van der Waals surface area contributed by atoms with Crippen molar-refractivity contribution >= 4 is 30.2 Å². The Labute approximate surface area is 251 Å². The smallest absolute Gasteiger partial charge is 0.332 e. The van der Waals surface area contributed by atoms with Crippen LogP contribution in [0, 0.1) is 23.7 Å². The maximum atomic E-state index is 14.0. The van der Waals surface area contributed by atoms with E-state index in [4.69, 9.17) is 9.47 Å². The predicted molar refractivity (Wildman–Crippen MR) is 142 cm³/mol. The van der Waals surface area contributed by atoms with Gasteiger partial charge in [-0.2, -0.15) is 6.41 Å². The number of amides is 3. The molecule has 0 bridgehead atoms. The summed E-state index contributed by atoms with van der Waals surface area (Å²) in [4.78, 5) is 68.3. The third-order valence-electron chi connectivity index (χ3n) is 8.32. The van der Waals surface area contributed by atoms with Gasteiger partial charge in [-0.15, -0.1) is 0 Å². The summed E-state index contributed by atoms with van der Waals surface area (Å²) in [5.74, 6) is -2.72. The van der Waals surface area contributed by atoms with E-state index in [-0.39, 0.29) is 57.8 Å². The molecule has 4 aliphatic rings. The van der Waals surface area contributed by atoms with Crippen LogP contribution < -0.4 is 5.32 Å². The minimum absolute atomic E-state index is 0. The van der Waals surface area contributed by atoms with Crippen LogP contribution >= 0.6 is 0 Å². The molecule has 0 aromatic rings. The predicted octanol–water partition coefficient (Wildman–Crippen LogP) is 2.12. The maximum absolute atomic E-state index is 14.0. The molecule has 4 rings (SSSR count). The van der Waals surface area contributed by atoms with Crippen molar-refractivity contribution in [3.05, 3.63) is 12.2 Å². The molecule has 0 aromatic carbocycles. The summed E-state index contributed by atoms with van der Waals surface area (Å²) >= 11 is 0. The fourth-order valence-electron chi connectivity index (χ4n) is 6.41.